The van der Waals surface area contributed by atoms with Crippen molar-refractivity contribution in [2.24, 2.45) is 11.8 Å². The summed E-state index contributed by atoms with van der Waals surface area (Å²) in [6, 6.07) is 6.78. The van der Waals surface area contributed by atoms with Gasteiger partial charge in [0.1, 0.15) is 11.5 Å². The molecule has 224 valence electrons. The van der Waals surface area contributed by atoms with Crippen LogP contribution in [0, 0.1) is 25.7 Å². The minimum absolute atomic E-state index is 0. The first-order valence-corrected chi connectivity index (χ1v) is 14.9. The van der Waals surface area contributed by atoms with E-state index in [1.165, 1.54) is 50.7 Å². The third-order valence-electron chi connectivity index (χ3n) is 7.15. The van der Waals surface area contributed by atoms with Crippen LogP contribution in [0.1, 0.15) is 135 Å². The molecule has 0 spiro atoms. The molecule has 0 saturated heterocycles. The standard InChI is InChI=1S/2C17H26O3.Zn/c2*1-12(2)8-6-4-5-7-9-14-10-13(3)16(18)15(11-14)17(19)20;/h2*10-12,18H,4-9H2,1-3H3,(H,19,20);/q;;+2/p-2. The van der Waals surface area contributed by atoms with E-state index >= 15 is 0 Å². The van der Waals surface area contributed by atoms with Gasteiger partial charge in [-0.1, -0.05) is 91.2 Å². The molecule has 0 saturated carbocycles. The molecule has 2 aromatic rings. The first-order valence-electron chi connectivity index (χ1n) is 14.9. The fourth-order valence-corrected chi connectivity index (χ4v) is 4.78. The quantitative estimate of drug-likeness (QED) is 0.165. The third-order valence-corrected chi connectivity index (χ3v) is 7.15. The monoisotopic (exact) mass is 618 g/mol. The predicted molar refractivity (Wildman–Crippen MR) is 158 cm³/mol. The van der Waals surface area contributed by atoms with Crippen molar-refractivity contribution in [2.45, 2.75) is 119 Å². The van der Waals surface area contributed by atoms with E-state index in [4.69, 9.17) is 0 Å². The van der Waals surface area contributed by atoms with Crippen molar-refractivity contribution in [3.8, 4) is 11.5 Å². The minimum Gasteiger partial charge on any atom is -0.545 e. The molecule has 0 atom stereocenters. The molecule has 7 heteroatoms. The third kappa shape index (κ3) is 15.4. The summed E-state index contributed by atoms with van der Waals surface area (Å²) in [6.07, 6.45) is 13.6. The summed E-state index contributed by atoms with van der Waals surface area (Å²) in [6.45, 7) is 12.4. The van der Waals surface area contributed by atoms with Crippen molar-refractivity contribution >= 4 is 11.9 Å². The molecule has 0 amide bonds. The molecule has 0 unspecified atom stereocenters. The van der Waals surface area contributed by atoms with E-state index in [0.29, 0.717) is 11.1 Å². The van der Waals surface area contributed by atoms with Gasteiger partial charge in [0, 0.05) is 11.1 Å². The first-order chi connectivity index (χ1) is 18.8. The number of aromatic carboxylic acids is 2. The molecule has 0 bridgehead atoms. The molecule has 2 N–H and O–H groups in total. The maximum Gasteiger partial charge on any atom is 2.00 e. The summed E-state index contributed by atoms with van der Waals surface area (Å²) in [4.78, 5) is 21.9. The van der Waals surface area contributed by atoms with E-state index in [0.717, 1.165) is 61.5 Å². The summed E-state index contributed by atoms with van der Waals surface area (Å²) >= 11 is 0. The molecule has 0 aromatic heterocycles. The Morgan fingerprint density at radius 2 is 0.927 bits per heavy atom. The minimum atomic E-state index is -1.32. The van der Waals surface area contributed by atoms with Gasteiger partial charge in [-0.25, -0.2) is 0 Å². The van der Waals surface area contributed by atoms with E-state index < -0.39 is 11.9 Å². The van der Waals surface area contributed by atoms with Crippen LogP contribution in [0.15, 0.2) is 24.3 Å². The van der Waals surface area contributed by atoms with Crippen molar-refractivity contribution in [1.82, 2.24) is 0 Å². The number of carboxylic acid groups (broad SMARTS) is 2. The molecule has 6 nitrogen and oxygen atoms in total. The number of phenols is 2. The van der Waals surface area contributed by atoms with Gasteiger partial charge in [0.05, 0.1) is 11.9 Å². The summed E-state index contributed by atoms with van der Waals surface area (Å²) in [7, 11) is 0. The summed E-state index contributed by atoms with van der Waals surface area (Å²) in [5.41, 5.74) is 2.93. The zero-order valence-electron chi connectivity index (χ0n) is 26.2. The maximum atomic E-state index is 10.9. The summed E-state index contributed by atoms with van der Waals surface area (Å²) in [5.74, 6) is -1.45. The fraction of sp³-hybridized carbons (Fsp3) is 0.588. The number of benzene rings is 2. The van der Waals surface area contributed by atoms with Crippen LogP contribution in [0.4, 0.5) is 0 Å². The number of unbranched alkanes of at least 4 members (excludes halogenated alkanes) is 6. The molecule has 2 aromatic carbocycles. The predicted octanol–water partition coefficient (Wildman–Crippen LogP) is 6.42. The molecule has 0 aliphatic rings. The molecule has 0 heterocycles. The normalized spacial score (nSPS) is 10.7. The van der Waals surface area contributed by atoms with Gasteiger partial charge in [0.25, 0.3) is 0 Å². The van der Waals surface area contributed by atoms with Crippen molar-refractivity contribution in [3.63, 3.8) is 0 Å². The molecule has 2 rings (SSSR count). The number of hydrogen-bond donors (Lipinski definition) is 2. The number of rotatable bonds is 16. The van der Waals surface area contributed by atoms with Gasteiger partial charge >= 0.3 is 19.5 Å². The SMILES string of the molecule is Cc1cc(CCCCCCC(C)C)cc(C(=O)[O-])c1O.Cc1cc(CCCCCCC(C)C)cc(C(=O)[O-])c1O.[Zn+2]. The van der Waals surface area contributed by atoms with Gasteiger partial charge in [0.2, 0.25) is 0 Å². The molecule has 0 aliphatic heterocycles. The molecule has 0 radical (unpaired) electrons. The Kier molecular flexibility index (Phi) is 19.3. The topological polar surface area (TPSA) is 121 Å². The number of carboxylic acids is 2. The number of carbonyl (C=O) groups is 2. The van der Waals surface area contributed by atoms with Gasteiger partial charge in [-0.2, -0.15) is 0 Å². The molecule has 0 aliphatic carbocycles. The second-order valence-corrected chi connectivity index (χ2v) is 11.9. The first kappa shape index (κ1) is 38.6. The Hall–Kier alpha value is -2.40. The average molecular weight is 620 g/mol. The van der Waals surface area contributed by atoms with Crippen LogP contribution in [-0.4, -0.2) is 22.2 Å². The van der Waals surface area contributed by atoms with Crippen molar-refractivity contribution in [3.05, 3.63) is 57.6 Å². The largest absolute Gasteiger partial charge is 2.00 e. The van der Waals surface area contributed by atoms with E-state index in [9.17, 15) is 30.0 Å². The van der Waals surface area contributed by atoms with Crippen LogP contribution in [-0.2, 0) is 32.3 Å². The zero-order valence-corrected chi connectivity index (χ0v) is 29.2. The van der Waals surface area contributed by atoms with Crippen LogP contribution in [0.3, 0.4) is 0 Å². The summed E-state index contributed by atoms with van der Waals surface area (Å²) < 4.78 is 0. The Morgan fingerprint density at radius 1 is 0.610 bits per heavy atom. The van der Waals surface area contributed by atoms with Gasteiger partial charge in [-0.15, -0.1) is 0 Å². The zero-order chi connectivity index (χ0) is 30.2. The van der Waals surface area contributed by atoms with E-state index in [1.54, 1.807) is 13.8 Å². The van der Waals surface area contributed by atoms with Crippen molar-refractivity contribution in [2.75, 3.05) is 0 Å². The number of aromatic hydroxyl groups is 2. The maximum absolute atomic E-state index is 10.9. The summed E-state index contributed by atoms with van der Waals surface area (Å²) in [5, 5.41) is 41.2. The van der Waals surface area contributed by atoms with E-state index in [2.05, 4.69) is 27.7 Å². The van der Waals surface area contributed by atoms with Crippen LogP contribution in [0.2, 0.25) is 0 Å². The second-order valence-electron chi connectivity index (χ2n) is 11.9. The smallest absolute Gasteiger partial charge is 0.545 e. The van der Waals surface area contributed by atoms with Crippen LogP contribution in [0.5, 0.6) is 11.5 Å². The Morgan fingerprint density at radius 3 is 1.22 bits per heavy atom. The average Bonchev–Trinajstić information content (AvgIpc) is 2.87. The number of hydrogen-bond acceptors (Lipinski definition) is 6. The molecular weight excluding hydrogens is 570 g/mol. The van der Waals surface area contributed by atoms with Gasteiger partial charge in [0.15, 0.2) is 0 Å². The van der Waals surface area contributed by atoms with Crippen molar-refractivity contribution in [1.29, 1.82) is 0 Å². The van der Waals surface area contributed by atoms with Gasteiger partial charge in [-0.05, 0) is 85.8 Å². The molecular formula is C34H50O6Zn. The van der Waals surface area contributed by atoms with Gasteiger partial charge in [-0.3, -0.25) is 0 Å². The van der Waals surface area contributed by atoms with E-state index in [1.807, 2.05) is 12.1 Å². The van der Waals surface area contributed by atoms with Crippen LogP contribution >= 0.6 is 0 Å². The van der Waals surface area contributed by atoms with Gasteiger partial charge < -0.3 is 30.0 Å². The second kappa shape index (κ2) is 20.5. The number of aryl methyl sites for hydroxylation is 4. The van der Waals surface area contributed by atoms with Crippen molar-refractivity contribution < 1.29 is 49.5 Å². The van der Waals surface area contributed by atoms with Crippen LogP contribution in [0.25, 0.3) is 0 Å². The molecule has 0 fully saturated rings. The van der Waals surface area contributed by atoms with E-state index in [-0.39, 0.29) is 42.1 Å². The number of carbonyl (C=O) groups excluding carboxylic acids is 2. The molecule has 41 heavy (non-hydrogen) atoms. The Bertz CT molecular complexity index is 992. The Labute approximate surface area is 260 Å². The fourth-order valence-electron chi connectivity index (χ4n) is 4.78. The Balaban J connectivity index is 0.000000762. The van der Waals surface area contributed by atoms with Crippen LogP contribution < -0.4 is 10.2 Å².